The molecule has 26 heavy (non-hydrogen) atoms. The molecule has 0 bridgehead atoms. The number of aromatic nitrogens is 2. The lowest BCUT2D eigenvalue weighted by Gasteiger charge is -2.07. The predicted octanol–water partition coefficient (Wildman–Crippen LogP) is 3.57. The molecule has 0 saturated heterocycles. The van der Waals surface area contributed by atoms with Crippen molar-refractivity contribution in [1.29, 1.82) is 0 Å². The van der Waals surface area contributed by atoms with Crippen molar-refractivity contribution in [2.75, 3.05) is 5.32 Å². The van der Waals surface area contributed by atoms with Crippen LogP contribution in [0.4, 0.5) is 24.8 Å². The van der Waals surface area contributed by atoms with Crippen molar-refractivity contribution in [3.63, 3.8) is 0 Å². The Balaban J connectivity index is 1.62. The quantitative estimate of drug-likeness (QED) is 0.732. The summed E-state index contributed by atoms with van der Waals surface area (Å²) in [7, 11) is 0. The molecule has 0 atom stereocenters. The normalized spacial score (nSPS) is 10.4. The van der Waals surface area contributed by atoms with Crippen molar-refractivity contribution in [3.05, 3.63) is 83.4 Å². The van der Waals surface area contributed by atoms with Crippen LogP contribution in [0.5, 0.6) is 0 Å². The number of carbonyl (C=O) groups excluding carboxylic acids is 1. The Morgan fingerprint density at radius 3 is 2.35 bits per heavy atom. The van der Waals surface area contributed by atoms with Crippen LogP contribution >= 0.6 is 0 Å². The van der Waals surface area contributed by atoms with E-state index in [-0.39, 0.29) is 23.7 Å². The molecule has 5 nitrogen and oxygen atoms in total. The van der Waals surface area contributed by atoms with Gasteiger partial charge in [-0.3, -0.25) is 4.79 Å². The molecule has 0 unspecified atom stereocenters. The second kappa shape index (κ2) is 7.64. The van der Waals surface area contributed by atoms with Gasteiger partial charge in [-0.15, -0.1) is 0 Å². The molecule has 0 fully saturated rings. The molecule has 1 heterocycles. The lowest BCUT2D eigenvalue weighted by atomic mass is 10.2. The third-order valence-corrected chi connectivity index (χ3v) is 3.49. The Kier molecular flexibility index (Phi) is 5.12. The van der Waals surface area contributed by atoms with Gasteiger partial charge < -0.3 is 10.6 Å². The van der Waals surface area contributed by atoms with Crippen LogP contribution in [0.2, 0.25) is 0 Å². The molecule has 3 aromatic rings. The molecular formula is C18H13F3N4O. The average Bonchev–Trinajstić information content (AvgIpc) is 2.64. The standard InChI is InChI=1S/C18H13F3N4O/c19-14-4-2-1-3-11(14)8-22-17(26)12-9-23-18(24-10-12)25-13-5-6-15(20)16(21)7-13/h1-7,9-10H,8H2,(H,22,26)(H,23,24,25). The number of hydrogen-bond acceptors (Lipinski definition) is 4. The zero-order valence-corrected chi connectivity index (χ0v) is 13.3. The van der Waals surface area contributed by atoms with Crippen LogP contribution in [-0.4, -0.2) is 15.9 Å². The van der Waals surface area contributed by atoms with Crippen molar-refractivity contribution in [3.8, 4) is 0 Å². The van der Waals surface area contributed by atoms with E-state index in [1.165, 1.54) is 24.5 Å². The molecule has 0 saturated carbocycles. The molecule has 1 amide bonds. The zero-order chi connectivity index (χ0) is 18.5. The summed E-state index contributed by atoms with van der Waals surface area (Å²) in [5.41, 5.74) is 0.802. The molecule has 1 aromatic heterocycles. The summed E-state index contributed by atoms with van der Waals surface area (Å²) in [6, 6.07) is 9.39. The number of benzene rings is 2. The van der Waals surface area contributed by atoms with E-state index in [1.54, 1.807) is 18.2 Å². The van der Waals surface area contributed by atoms with Crippen molar-refractivity contribution in [2.24, 2.45) is 0 Å². The molecule has 0 aliphatic heterocycles. The summed E-state index contributed by atoms with van der Waals surface area (Å²) in [5, 5.41) is 5.26. The first kappa shape index (κ1) is 17.4. The molecule has 3 rings (SSSR count). The summed E-state index contributed by atoms with van der Waals surface area (Å²) in [5.74, 6) is -2.72. The van der Waals surface area contributed by atoms with Crippen molar-refractivity contribution in [2.45, 2.75) is 6.54 Å². The molecule has 0 radical (unpaired) electrons. The van der Waals surface area contributed by atoms with Gasteiger partial charge in [-0.05, 0) is 18.2 Å². The molecule has 132 valence electrons. The predicted molar refractivity (Wildman–Crippen MR) is 89.2 cm³/mol. The first-order valence-corrected chi connectivity index (χ1v) is 7.58. The lowest BCUT2D eigenvalue weighted by molar-refractivity contribution is 0.0950. The molecule has 0 aliphatic rings. The van der Waals surface area contributed by atoms with Crippen LogP contribution in [0.3, 0.4) is 0 Å². The minimum Gasteiger partial charge on any atom is -0.348 e. The number of anilines is 2. The third-order valence-electron chi connectivity index (χ3n) is 3.49. The third kappa shape index (κ3) is 4.15. The Hall–Kier alpha value is -3.42. The van der Waals surface area contributed by atoms with Crippen LogP contribution in [0, 0.1) is 17.5 Å². The number of halogens is 3. The fraction of sp³-hybridized carbons (Fsp3) is 0.0556. The highest BCUT2D eigenvalue weighted by Crippen LogP contribution is 2.16. The second-order valence-electron chi connectivity index (χ2n) is 5.32. The van der Waals surface area contributed by atoms with Crippen LogP contribution in [0.15, 0.2) is 54.9 Å². The van der Waals surface area contributed by atoms with Crippen molar-refractivity contribution in [1.82, 2.24) is 15.3 Å². The Morgan fingerprint density at radius 2 is 1.65 bits per heavy atom. The molecule has 8 heteroatoms. The summed E-state index contributed by atoms with van der Waals surface area (Å²) in [6.45, 7) is 0.0281. The van der Waals surface area contributed by atoms with Gasteiger partial charge in [0.1, 0.15) is 5.82 Å². The molecule has 2 N–H and O–H groups in total. The summed E-state index contributed by atoms with van der Waals surface area (Å²) < 4.78 is 39.6. The number of nitrogens with one attached hydrogen (secondary N) is 2. The highest BCUT2D eigenvalue weighted by Gasteiger charge is 2.09. The first-order valence-electron chi connectivity index (χ1n) is 7.58. The zero-order valence-electron chi connectivity index (χ0n) is 13.3. The number of rotatable bonds is 5. The van der Waals surface area contributed by atoms with E-state index >= 15 is 0 Å². The molecule has 2 aromatic carbocycles. The number of amides is 1. The van der Waals surface area contributed by atoms with Gasteiger partial charge >= 0.3 is 0 Å². The van der Waals surface area contributed by atoms with Gasteiger partial charge in [0.2, 0.25) is 5.95 Å². The lowest BCUT2D eigenvalue weighted by Crippen LogP contribution is -2.23. The largest absolute Gasteiger partial charge is 0.348 e. The van der Waals surface area contributed by atoms with E-state index in [4.69, 9.17) is 0 Å². The maximum absolute atomic E-state index is 13.5. The van der Waals surface area contributed by atoms with E-state index in [9.17, 15) is 18.0 Å². The van der Waals surface area contributed by atoms with Crippen molar-refractivity contribution < 1.29 is 18.0 Å². The van der Waals surface area contributed by atoms with E-state index in [1.807, 2.05) is 0 Å². The fourth-order valence-corrected chi connectivity index (χ4v) is 2.13. The van der Waals surface area contributed by atoms with Gasteiger partial charge in [0.25, 0.3) is 5.91 Å². The second-order valence-corrected chi connectivity index (χ2v) is 5.32. The monoisotopic (exact) mass is 358 g/mol. The summed E-state index contributed by atoms with van der Waals surface area (Å²) in [6.07, 6.45) is 2.54. The average molecular weight is 358 g/mol. The van der Waals surface area contributed by atoms with Gasteiger partial charge in [-0.25, -0.2) is 23.1 Å². The van der Waals surface area contributed by atoms with Crippen molar-refractivity contribution >= 4 is 17.5 Å². The fourth-order valence-electron chi connectivity index (χ4n) is 2.13. The number of hydrogen-bond donors (Lipinski definition) is 2. The first-order chi connectivity index (χ1) is 12.5. The molecule has 0 spiro atoms. The maximum Gasteiger partial charge on any atom is 0.254 e. The number of nitrogens with zero attached hydrogens (tertiary/aromatic N) is 2. The van der Waals surface area contributed by atoms with E-state index in [2.05, 4.69) is 20.6 Å². The van der Waals surface area contributed by atoms with Gasteiger partial charge in [-0.2, -0.15) is 0 Å². The number of carbonyl (C=O) groups is 1. The molecule has 0 aliphatic carbocycles. The summed E-state index contributed by atoms with van der Waals surface area (Å²) >= 11 is 0. The Morgan fingerprint density at radius 1 is 0.923 bits per heavy atom. The highest BCUT2D eigenvalue weighted by molar-refractivity contribution is 5.93. The van der Waals surface area contributed by atoms with Crippen LogP contribution in [-0.2, 0) is 6.54 Å². The van der Waals surface area contributed by atoms with Gasteiger partial charge in [0.15, 0.2) is 11.6 Å². The Labute approximate surface area is 146 Å². The SMILES string of the molecule is O=C(NCc1ccccc1F)c1cnc(Nc2ccc(F)c(F)c2)nc1. The van der Waals surface area contributed by atoms with Crippen LogP contribution in [0.25, 0.3) is 0 Å². The van der Waals surface area contributed by atoms with E-state index in [0.29, 0.717) is 5.56 Å². The van der Waals surface area contributed by atoms with E-state index in [0.717, 1.165) is 12.1 Å². The maximum atomic E-state index is 13.5. The smallest absolute Gasteiger partial charge is 0.254 e. The highest BCUT2D eigenvalue weighted by atomic mass is 19.2. The van der Waals surface area contributed by atoms with Gasteiger partial charge in [0, 0.05) is 36.3 Å². The summed E-state index contributed by atoms with van der Waals surface area (Å²) in [4.78, 5) is 19.9. The van der Waals surface area contributed by atoms with Crippen LogP contribution in [0.1, 0.15) is 15.9 Å². The van der Waals surface area contributed by atoms with Gasteiger partial charge in [-0.1, -0.05) is 18.2 Å². The topological polar surface area (TPSA) is 66.9 Å². The van der Waals surface area contributed by atoms with Gasteiger partial charge in [0.05, 0.1) is 5.56 Å². The molecular weight excluding hydrogens is 345 g/mol. The minimum atomic E-state index is -1.00. The minimum absolute atomic E-state index is 0.0281. The Bertz CT molecular complexity index is 932. The van der Waals surface area contributed by atoms with E-state index < -0.39 is 23.4 Å². The van der Waals surface area contributed by atoms with Crippen LogP contribution < -0.4 is 10.6 Å².